The molecule has 1 saturated heterocycles. The van der Waals surface area contributed by atoms with Crippen LogP contribution in [0.4, 0.5) is 0 Å². The highest BCUT2D eigenvalue weighted by Crippen LogP contribution is 2.06. The lowest BCUT2D eigenvalue weighted by Crippen LogP contribution is -2.45. The Hall–Kier alpha value is -0.650. The highest BCUT2D eigenvalue weighted by molar-refractivity contribution is 5.75. The quantitative estimate of drug-likeness (QED) is 0.674. The molecule has 0 saturated carbocycles. The van der Waals surface area contributed by atoms with Crippen LogP contribution in [-0.2, 0) is 14.3 Å². The number of esters is 1. The molecule has 1 aliphatic rings. The molecule has 0 aromatic heterocycles. The number of hydrogen-bond donors (Lipinski definition) is 1. The van der Waals surface area contributed by atoms with E-state index in [9.17, 15) is 4.79 Å². The van der Waals surface area contributed by atoms with Crippen LogP contribution in [0.5, 0.6) is 0 Å². The van der Waals surface area contributed by atoms with Crippen molar-refractivity contribution in [2.45, 2.75) is 26.3 Å². The van der Waals surface area contributed by atoms with Crippen LogP contribution in [0.3, 0.4) is 0 Å². The topological polar surface area (TPSA) is 50.8 Å². The van der Waals surface area contributed by atoms with Crippen molar-refractivity contribution in [2.75, 3.05) is 46.5 Å². The molecule has 1 aliphatic heterocycles. The van der Waals surface area contributed by atoms with Gasteiger partial charge < -0.3 is 14.8 Å². The zero-order valence-electron chi connectivity index (χ0n) is 11.8. The van der Waals surface area contributed by atoms with E-state index in [2.05, 4.69) is 24.1 Å². The van der Waals surface area contributed by atoms with Gasteiger partial charge in [-0.25, -0.2) is 0 Å². The molecule has 1 heterocycles. The first-order valence-corrected chi connectivity index (χ1v) is 6.74. The first kappa shape index (κ1) is 15.4. The number of ether oxygens (including phenoxy) is 2. The Kier molecular flexibility index (Phi) is 7.23. The van der Waals surface area contributed by atoms with Crippen LogP contribution in [0.1, 0.15) is 20.3 Å². The minimum atomic E-state index is -0.184. The Balaban J connectivity index is 2.25. The molecular weight excluding hydrogens is 232 g/mol. The summed E-state index contributed by atoms with van der Waals surface area (Å²) in [5, 5.41) is 3.29. The van der Waals surface area contributed by atoms with Crippen molar-refractivity contribution >= 4 is 5.97 Å². The third kappa shape index (κ3) is 5.80. The van der Waals surface area contributed by atoms with Crippen LogP contribution in [0.25, 0.3) is 0 Å². The standard InChI is InChI=1S/C13H26N2O3/c1-11(2)10-12(13(16)17-3)14-4-5-15-6-8-18-9-7-15/h11-12,14H,4-10H2,1-3H3. The van der Waals surface area contributed by atoms with Crippen molar-refractivity contribution in [3.8, 4) is 0 Å². The summed E-state index contributed by atoms with van der Waals surface area (Å²) in [6.07, 6.45) is 0.815. The van der Waals surface area contributed by atoms with Gasteiger partial charge in [0.15, 0.2) is 0 Å². The molecule has 5 heteroatoms. The van der Waals surface area contributed by atoms with Crippen molar-refractivity contribution < 1.29 is 14.3 Å². The summed E-state index contributed by atoms with van der Waals surface area (Å²) in [4.78, 5) is 14.0. The number of carbonyl (C=O) groups is 1. The second kappa shape index (κ2) is 8.45. The van der Waals surface area contributed by atoms with E-state index < -0.39 is 0 Å². The van der Waals surface area contributed by atoms with E-state index in [1.165, 1.54) is 7.11 Å². The van der Waals surface area contributed by atoms with Gasteiger partial charge in [-0.1, -0.05) is 13.8 Å². The molecule has 0 aromatic rings. The predicted molar refractivity (Wildman–Crippen MR) is 70.5 cm³/mol. The number of rotatable bonds is 7. The number of hydrogen-bond acceptors (Lipinski definition) is 5. The van der Waals surface area contributed by atoms with Gasteiger partial charge in [0.05, 0.1) is 20.3 Å². The molecule has 1 rings (SSSR count). The van der Waals surface area contributed by atoms with Gasteiger partial charge >= 0.3 is 5.97 Å². The summed E-state index contributed by atoms with van der Waals surface area (Å²) in [5.41, 5.74) is 0. The number of methoxy groups -OCH3 is 1. The minimum Gasteiger partial charge on any atom is -0.468 e. The molecule has 0 aliphatic carbocycles. The smallest absolute Gasteiger partial charge is 0.322 e. The van der Waals surface area contributed by atoms with E-state index in [1.807, 2.05) is 0 Å². The Labute approximate surface area is 110 Å². The molecule has 106 valence electrons. The van der Waals surface area contributed by atoms with E-state index >= 15 is 0 Å². The third-order valence-electron chi connectivity index (χ3n) is 3.12. The molecule has 1 N–H and O–H groups in total. The molecular formula is C13H26N2O3. The van der Waals surface area contributed by atoms with Crippen molar-refractivity contribution in [1.29, 1.82) is 0 Å². The molecule has 0 bridgehead atoms. The second-order valence-corrected chi connectivity index (χ2v) is 5.11. The van der Waals surface area contributed by atoms with Gasteiger partial charge in [-0.3, -0.25) is 9.69 Å². The van der Waals surface area contributed by atoms with Crippen molar-refractivity contribution in [2.24, 2.45) is 5.92 Å². The average molecular weight is 258 g/mol. The SMILES string of the molecule is COC(=O)C(CC(C)C)NCCN1CCOCC1. The highest BCUT2D eigenvalue weighted by atomic mass is 16.5. The van der Waals surface area contributed by atoms with E-state index in [1.54, 1.807) is 0 Å². The lowest BCUT2D eigenvalue weighted by molar-refractivity contribution is -0.143. The van der Waals surface area contributed by atoms with Gasteiger partial charge in [0.1, 0.15) is 6.04 Å². The fraction of sp³-hybridized carbons (Fsp3) is 0.923. The Bertz CT molecular complexity index is 240. The molecule has 0 aromatic carbocycles. The summed E-state index contributed by atoms with van der Waals surface area (Å²) in [6, 6.07) is -0.184. The molecule has 5 nitrogen and oxygen atoms in total. The predicted octanol–water partition coefficient (Wildman–Crippen LogP) is 0.496. The number of morpholine rings is 1. The second-order valence-electron chi connectivity index (χ2n) is 5.11. The maximum atomic E-state index is 11.6. The molecule has 1 unspecified atom stereocenters. The Morgan fingerprint density at radius 1 is 1.39 bits per heavy atom. The van der Waals surface area contributed by atoms with Crippen molar-refractivity contribution in [3.05, 3.63) is 0 Å². The third-order valence-corrected chi connectivity index (χ3v) is 3.12. The van der Waals surface area contributed by atoms with Crippen LogP contribution in [-0.4, -0.2) is 63.4 Å². The molecule has 0 radical (unpaired) electrons. The number of nitrogens with one attached hydrogen (secondary N) is 1. The van der Waals surface area contributed by atoms with E-state index in [-0.39, 0.29) is 12.0 Å². The van der Waals surface area contributed by atoms with Gasteiger partial charge in [0.2, 0.25) is 0 Å². The van der Waals surface area contributed by atoms with E-state index in [0.29, 0.717) is 5.92 Å². The first-order valence-electron chi connectivity index (χ1n) is 6.74. The average Bonchev–Trinajstić information content (AvgIpc) is 2.37. The molecule has 18 heavy (non-hydrogen) atoms. The normalized spacial score (nSPS) is 18.9. The van der Waals surface area contributed by atoms with Crippen molar-refractivity contribution in [3.63, 3.8) is 0 Å². The monoisotopic (exact) mass is 258 g/mol. The summed E-state index contributed by atoms with van der Waals surface area (Å²) in [5.74, 6) is 0.315. The van der Waals surface area contributed by atoms with Crippen LogP contribution in [0.2, 0.25) is 0 Å². The molecule has 0 amide bonds. The maximum absolute atomic E-state index is 11.6. The first-order chi connectivity index (χ1) is 8.63. The van der Waals surface area contributed by atoms with Gasteiger partial charge in [0.25, 0.3) is 0 Å². The zero-order valence-corrected chi connectivity index (χ0v) is 11.8. The van der Waals surface area contributed by atoms with Gasteiger partial charge in [-0.15, -0.1) is 0 Å². The van der Waals surface area contributed by atoms with Crippen LogP contribution in [0.15, 0.2) is 0 Å². The summed E-state index contributed by atoms with van der Waals surface area (Å²) in [7, 11) is 1.44. The van der Waals surface area contributed by atoms with Crippen LogP contribution >= 0.6 is 0 Å². The lowest BCUT2D eigenvalue weighted by Gasteiger charge is -2.27. The molecule has 1 fully saturated rings. The molecule has 0 spiro atoms. The summed E-state index contributed by atoms with van der Waals surface area (Å²) < 4.78 is 10.1. The van der Waals surface area contributed by atoms with E-state index in [0.717, 1.165) is 45.8 Å². The van der Waals surface area contributed by atoms with E-state index in [4.69, 9.17) is 9.47 Å². The van der Waals surface area contributed by atoms with Crippen molar-refractivity contribution in [1.82, 2.24) is 10.2 Å². The highest BCUT2D eigenvalue weighted by Gasteiger charge is 2.20. The Morgan fingerprint density at radius 3 is 2.61 bits per heavy atom. The zero-order chi connectivity index (χ0) is 13.4. The van der Waals surface area contributed by atoms with Gasteiger partial charge in [-0.05, 0) is 12.3 Å². The van der Waals surface area contributed by atoms with Crippen LogP contribution < -0.4 is 5.32 Å². The van der Waals surface area contributed by atoms with Crippen LogP contribution in [0, 0.1) is 5.92 Å². The molecule has 1 atom stereocenters. The largest absolute Gasteiger partial charge is 0.468 e. The minimum absolute atomic E-state index is 0.161. The fourth-order valence-corrected chi connectivity index (χ4v) is 2.10. The Morgan fingerprint density at radius 2 is 2.06 bits per heavy atom. The summed E-state index contributed by atoms with van der Waals surface area (Å²) in [6.45, 7) is 9.57. The van der Waals surface area contributed by atoms with Gasteiger partial charge in [0, 0.05) is 26.2 Å². The number of carbonyl (C=O) groups excluding carboxylic acids is 1. The summed E-state index contributed by atoms with van der Waals surface area (Å²) >= 11 is 0. The lowest BCUT2D eigenvalue weighted by atomic mass is 10.0. The fourth-order valence-electron chi connectivity index (χ4n) is 2.10. The maximum Gasteiger partial charge on any atom is 0.322 e. The van der Waals surface area contributed by atoms with Gasteiger partial charge in [-0.2, -0.15) is 0 Å². The number of nitrogens with zero attached hydrogens (tertiary/aromatic N) is 1.